The third-order valence-corrected chi connectivity index (χ3v) is 7.06. The maximum Gasteiger partial charge on any atom is 0.338 e. The summed E-state index contributed by atoms with van der Waals surface area (Å²) in [6, 6.07) is 21.0. The van der Waals surface area contributed by atoms with Crippen LogP contribution in [0.4, 0.5) is 10.1 Å². The Morgan fingerprint density at radius 3 is 2.14 bits per heavy atom. The fourth-order valence-electron chi connectivity index (χ4n) is 5.14. The van der Waals surface area contributed by atoms with Gasteiger partial charge in [-0.3, -0.25) is 19.3 Å². The number of imide groups is 1. The highest BCUT2D eigenvalue weighted by Crippen LogP contribution is 2.45. The lowest BCUT2D eigenvalue weighted by molar-refractivity contribution is -0.122. The van der Waals surface area contributed by atoms with Crippen LogP contribution < -0.4 is 4.90 Å². The predicted molar refractivity (Wildman–Crippen MR) is 130 cm³/mol. The normalized spacial score (nSPS) is 21.2. The van der Waals surface area contributed by atoms with E-state index in [2.05, 4.69) is 12.1 Å². The number of esters is 1. The van der Waals surface area contributed by atoms with Crippen LogP contribution >= 0.6 is 0 Å². The molecule has 0 bridgehead atoms. The summed E-state index contributed by atoms with van der Waals surface area (Å²) < 4.78 is 18.1. The molecule has 5 rings (SSSR count). The molecule has 6 nitrogen and oxygen atoms in total. The van der Waals surface area contributed by atoms with E-state index >= 15 is 0 Å². The molecule has 1 aliphatic carbocycles. The summed E-state index contributed by atoms with van der Waals surface area (Å²) in [7, 11) is 0. The molecule has 3 atom stereocenters. The maximum absolute atomic E-state index is 13.2. The molecule has 3 unspecified atom stereocenters. The van der Waals surface area contributed by atoms with Crippen LogP contribution in [0.2, 0.25) is 0 Å². The van der Waals surface area contributed by atoms with E-state index in [9.17, 15) is 23.6 Å². The molecule has 0 radical (unpaired) electrons. The monoisotopic (exact) mass is 485 g/mol. The number of ether oxygens (including phenoxy) is 1. The second-order valence-corrected chi connectivity index (χ2v) is 9.20. The average molecular weight is 486 g/mol. The topological polar surface area (TPSA) is 80.8 Å². The van der Waals surface area contributed by atoms with Crippen molar-refractivity contribution in [1.82, 2.24) is 0 Å². The molecule has 0 aromatic heterocycles. The van der Waals surface area contributed by atoms with Crippen LogP contribution in [-0.4, -0.2) is 30.2 Å². The van der Waals surface area contributed by atoms with Gasteiger partial charge in [0.15, 0.2) is 12.4 Å². The van der Waals surface area contributed by atoms with Crippen LogP contribution in [0.3, 0.4) is 0 Å². The van der Waals surface area contributed by atoms with Crippen molar-refractivity contribution >= 4 is 29.3 Å². The Kier molecular flexibility index (Phi) is 6.46. The standard InChI is InChI=1S/C29H24FNO5/c30-22-11-6-19(7-12-22)26(32)17-36-29(35)20-8-13-23(14-9-20)31-27(33)24-15-10-21(16-25(24)28(31)34)18-4-2-1-3-5-18/h1-9,11-14,21,24-25H,10,15-17H2. The number of halogens is 1. The summed E-state index contributed by atoms with van der Waals surface area (Å²) in [6.45, 7) is -0.485. The zero-order valence-electron chi connectivity index (χ0n) is 19.4. The first-order valence-electron chi connectivity index (χ1n) is 11.9. The van der Waals surface area contributed by atoms with Gasteiger partial charge in [0.25, 0.3) is 0 Å². The van der Waals surface area contributed by atoms with Crippen LogP contribution in [0.15, 0.2) is 78.9 Å². The molecule has 2 amide bonds. The number of hydrogen-bond donors (Lipinski definition) is 0. The van der Waals surface area contributed by atoms with Crippen LogP contribution in [0.5, 0.6) is 0 Å². The van der Waals surface area contributed by atoms with Crippen molar-refractivity contribution in [3.63, 3.8) is 0 Å². The number of amides is 2. The van der Waals surface area contributed by atoms with Crippen molar-refractivity contribution < 1.29 is 28.3 Å². The van der Waals surface area contributed by atoms with Gasteiger partial charge in [0.2, 0.25) is 11.8 Å². The Morgan fingerprint density at radius 2 is 1.44 bits per heavy atom. The zero-order chi connectivity index (χ0) is 25.2. The van der Waals surface area contributed by atoms with E-state index in [1.165, 1.54) is 34.7 Å². The summed E-state index contributed by atoms with van der Waals surface area (Å²) in [4.78, 5) is 52.1. The first-order chi connectivity index (χ1) is 17.4. The van der Waals surface area contributed by atoms with Crippen molar-refractivity contribution in [2.24, 2.45) is 11.8 Å². The SMILES string of the molecule is O=C(COC(=O)c1ccc(N2C(=O)C3CCC(c4ccccc4)CC3C2=O)cc1)c1ccc(F)cc1. The second kappa shape index (κ2) is 9.85. The van der Waals surface area contributed by atoms with Crippen LogP contribution in [0.1, 0.15) is 51.5 Å². The summed E-state index contributed by atoms with van der Waals surface area (Å²) in [5.74, 6) is -2.45. The Labute approximate surface area is 207 Å². The fraction of sp³-hybridized carbons (Fsp3) is 0.241. The molecule has 3 aromatic carbocycles. The minimum absolute atomic E-state index is 0.186. The lowest BCUT2D eigenvalue weighted by Crippen LogP contribution is -2.30. The van der Waals surface area contributed by atoms with Gasteiger partial charge in [-0.15, -0.1) is 0 Å². The van der Waals surface area contributed by atoms with Gasteiger partial charge >= 0.3 is 5.97 Å². The Morgan fingerprint density at radius 1 is 0.806 bits per heavy atom. The van der Waals surface area contributed by atoms with Crippen molar-refractivity contribution in [3.8, 4) is 0 Å². The van der Waals surface area contributed by atoms with E-state index < -0.39 is 24.2 Å². The van der Waals surface area contributed by atoms with Gasteiger partial charge in [0.1, 0.15) is 5.82 Å². The van der Waals surface area contributed by atoms with E-state index in [4.69, 9.17) is 4.74 Å². The number of ketones is 1. The van der Waals surface area contributed by atoms with Gasteiger partial charge in [0.05, 0.1) is 23.1 Å². The molecule has 36 heavy (non-hydrogen) atoms. The first-order valence-corrected chi connectivity index (χ1v) is 11.9. The lowest BCUT2D eigenvalue weighted by Gasteiger charge is -2.28. The second-order valence-electron chi connectivity index (χ2n) is 9.20. The Balaban J connectivity index is 1.23. The number of carbonyl (C=O) groups is 4. The highest BCUT2D eigenvalue weighted by Gasteiger charge is 2.50. The molecule has 3 aromatic rings. The number of Topliss-reactive ketones (excluding diaryl/α,β-unsaturated/α-hetero) is 1. The van der Waals surface area contributed by atoms with Gasteiger partial charge < -0.3 is 4.74 Å². The van der Waals surface area contributed by atoms with E-state index in [-0.39, 0.29) is 40.7 Å². The van der Waals surface area contributed by atoms with Gasteiger partial charge in [-0.05, 0) is 79.3 Å². The third-order valence-electron chi connectivity index (χ3n) is 7.06. The highest BCUT2D eigenvalue weighted by molar-refractivity contribution is 6.22. The van der Waals surface area contributed by atoms with E-state index in [0.29, 0.717) is 18.5 Å². The van der Waals surface area contributed by atoms with Crippen LogP contribution in [0.25, 0.3) is 0 Å². The van der Waals surface area contributed by atoms with Crippen molar-refractivity contribution in [1.29, 1.82) is 0 Å². The minimum Gasteiger partial charge on any atom is -0.454 e. The molecule has 0 spiro atoms. The molecule has 182 valence electrons. The molecule has 0 N–H and O–H groups in total. The van der Waals surface area contributed by atoms with E-state index in [1.54, 1.807) is 12.1 Å². The lowest BCUT2D eigenvalue weighted by atomic mass is 9.73. The molecule has 2 fully saturated rings. The predicted octanol–water partition coefficient (Wildman–Crippen LogP) is 4.94. The zero-order valence-corrected chi connectivity index (χ0v) is 19.4. The summed E-state index contributed by atoms with van der Waals surface area (Å²) in [6.07, 6.45) is 2.17. The summed E-state index contributed by atoms with van der Waals surface area (Å²) >= 11 is 0. The molecule has 7 heteroatoms. The molecule has 1 saturated heterocycles. The van der Waals surface area contributed by atoms with Crippen molar-refractivity contribution in [3.05, 3.63) is 101 Å². The van der Waals surface area contributed by atoms with Crippen molar-refractivity contribution in [2.45, 2.75) is 25.2 Å². The van der Waals surface area contributed by atoms with Crippen LogP contribution in [0, 0.1) is 17.7 Å². The highest BCUT2D eigenvalue weighted by atomic mass is 19.1. The number of benzene rings is 3. The van der Waals surface area contributed by atoms with E-state index in [0.717, 1.165) is 18.6 Å². The Bertz CT molecular complexity index is 1300. The van der Waals surface area contributed by atoms with E-state index in [1.807, 2.05) is 18.2 Å². The fourth-order valence-corrected chi connectivity index (χ4v) is 5.14. The molecular formula is C29H24FNO5. The minimum atomic E-state index is -0.713. The van der Waals surface area contributed by atoms with Gasteiger partial charge in [-0.1, -0.05) is 30.3 Å². The first kappa shape index (κ1) is 23.6. The van der Waals surface area contributed by atoms with Crippen LogP contribution in [-0.2, 0) is 14.3 Å². The smallest absolute Gasteiger partial charge is 0.338 e. The summed E-state index contributed by atoms with van der Waals surface area (Å²) in [5.41, 5.74) is 2.03. The number of anilines is 1. The number of carbonyl (C=O) groups excluding carboxylic acids is 4. The van der Waals surface area contributed by atoms with Crippen molar-refractivity contribution in [2.75, 3.05) is 11.5 Å². The summed E-state index contributed by atoms with van der Waals surface area (Å²) in [5, 5.41) is 0. The number of fused-ring (bicyclic) bond motifs is 1. The number of rotatable bonds is 6. The Hall–Kier alpha value is -4.13. The molecule has 2 aliphatic rings. The maximum atomic E-state index is 13.2. The van der Waals surface area contributed by atoms with Gasteiger partial charge in [-0.2, -0.15) is 0 Å². The largest absolute Gasteiger partial charge is 0.454 e. The quantitative estimate of drug-likeness (QED) is 0.281. The third kappa shape index (κ3) is 4.56. The van der Waals surface area contributed by atoms with Gasteiger partial charge in [-0.25, -0.2) is 9.18 Å². The molecule has 1 heterocycles. The average Bonchev–Trinajstić information content (AvgIpc) is 3.17. The molecule has 1 aliphatic heterocycles. The number of nitrogens with zero attached hydrogens (tertiary/aromatic N) is 1. The number of hydrogen-bond acceptors (Lipinski definition) is 5. The molecular weight excluding hydrogens is 461 g/mol. The molecule has 1 saturated carbocycles. The van der Waals surface area contributed by atoms with Gasteiger partial charge in [0, 0.05) is 5.56 Å².